The molecule has 0 unspecified atom stereocenters. The largest absolute Gasteiger partial charge is 0.355 e. The molecule has 3 rings (SSSR count). The Morgan fingerprint density at radius 2 is 1.71 bits per heavy atom. The predicted molar refractivity (Wildman–Crippen MR) is 113 cm³/mol. The van der Waals surface area contributed by atoms with Crippen molar-refractivity contribution in [2.45, 2.75) is 24.5 Å². The molecule has 0 spiro atoms. The highest BCUT2D eigenvalue weighted by Crippen LogP contribution is 2.19. The standard InChI is InChI=1S/C22H24N4OS/c1-2-15-26-20(16-19-11-7-4-8-12-19)24-25-22(26)28-17-21(27)23-14-13-18-9-5-3-6-10-18/h2-12H,1,13-17H2,(H,23,27). The second-order valence-electron chi connectivity index (χ2n) is 6.33. The Morgan fingerprint density at radius 3 is 2.39 bits per heavy atom. The number of nitrogens with one attached hydrogen (secondary N) is 1. The molecule has 28 heavy (non-hydrogen) atoms. The number of benzene rings is 2. The van der Waals surface area contributed by atoms with Crippen molar-refractivity contribution in [1.29, 1.82) is 0 Å². The van der Waals surface area contributed by atoms with E-state index in [2.05, 4.69) is 46.4 Å². The van der Waals surface area contributed by atoms with Gasteiger partial charge in [0, 0.05) is 19.5 Å². The molecule has 0 aliphatic heterocycles. The summed E-state index contributed by atoms with van der Waals surface area (Å²) in [7, 11) is 0. The molecule has 2 aromatic carbocycles. The second kappa shape index (κ2) is 10.5. The summed E-state index contributed by atoms with van der Waals surface area (Å²) in [5.74, 6) is 1.19. The van der Waals surface area contributed by atoms with Gasteiger partial charge in [0.25, 0.3) is 0 Å². The van der Waals surface area contributed by atoms with Gasteiger partial charge in [-0.25, -0.2) is 0 Å². The van der Waals surface area contributed by atoms with Gasteiger partial charge in [0.1, 0.15) is 5.82 Å². The molecule has 0 fully saturated rings. The fourth-order valence-corrected chi connectivity index (χ4v) is 3.62. The average molecular weight is 393 g/mol. The molecule has 3 aromatic rings. The third-order valence-corrected chi connectivity index (χ3v) is 5.19. The fourth-order valence-electron chi connectivity index (χ4n) is 2.82. The first kappa shape index (κ1) is 19.9. The van der Waals surface area contributed by atoms with E-state index >= 15 is 0 Å². The molecule has 0 bridgehead atoms. The van der Waals surface area contributed by atoms with Crippen LogP contribution < -0.4 is 5.32 Å². The van der Waals surface area contributed by atoms with Gasteiger partial charge < -0.3 is 9.88 Å². The number of nitrogens with zero attached hydrogens (tertiary/aromatic N) is 3. The molecule has 1 N–H and O–H groups in total. The van der Waals surface area contributed by atoms with Crippen LogP contribution in [0, 0.1) is 0 Å². The van der Waals surface area contributed by atoms with Gasteiger partial charge in [0.2, 0.25) is 5.91 Å². The second-order valence-corrected chi connectivity index (χ2v) is 7.28. The van der Waals surface area contributed by atoms with Crippen molar-refractivity contribution in [3.05, 3.63) is 90.3 Å². The number of hydrogen-bond acceptors (Lipinski definition) is 4. The first-order valence-electron chi connectivity index (χ1n) is 9.26. The topological polar surface area (TPSA) is 59.8 Å². The van der Waals surface area contributed by atoms with Gasteiger partial charge >= 0.3 is 0 Å². The van der Waals surface area contributed by atoms with Crippen LogP contribution in [0.25, 0.3) is 0 Å². The minimum atomic E-state index is -0.00121. The Kier molecular flexibility index (Phi) is 7.44. The molecule has 0 aliphatic carbocycles. The average Bonchev–Trinajstić information content (AvgIpc) is 3.10. The van der Waals surface area contributed by atoms with Crippen LogP contribution >= 0.6 is 11.8 Å². The summed E-state index contributed by atoms with van der Waals surface area (Å²) < 4.78 is 2.02. The van der Waals surface area contributed by atoms with Crippen LogP contribution in [0.1, 0.15) is 17.0 Å². The van der Waals surface area contributed by atoms with Crippen LogP contribution in [-0.4, -0.2) is 33.0 Å². The van der Waals surface area contributed by atoms with Crippen molar-refractivity contribution in [3.63, 3.8) is 0 Å². The summed E-state index contributed by atoms with van der Waals surface area (Å²) in [4.78, 5) is 12.2. The van der Waals surface area contributed by atoms with E-state index in [1.807, 2.05) is 47.0 Å². The van der Waals surface area contributed by atoms with E-state index in [-0.39, 0.29) is 5.91 Å². The van der Waals surface area contributed by atoms with Gasteiger partial charge in [0.15, 0.2) is 5.16 Å². The number of carbonyl (C=O) groups excluding carboxylic acids is 1. The quantitative estimate of drug-likeness (QED) is 0.424. The van der Waals surface area contributed by atoms with E-state index in [0.29, 0.717) is 25.3 Å². The fraction of sp³-hybridized carbons (Fsp3) is 0.227. The van der Waals surface area contributed by atoms with Crippen molar-refractivity contribution in [2.75, 3.05) is 12.3 Å². The highest BCUT2D eigenvalue weighted by Gasteiger charge is 2.13. The maximum atomic E-state index is 12.2. The third kappa shape index (κ3) is 5.82. The van der Waals surface area contributed by atoms with Crippen LogP contribution in [0.5, 0.6) is 0 Å². The Balaban J connectivity index is 1.53. The number of hydrogen-bond donors (Lipinski definition) is 1. The number of aromatic nitrogens is 3. The molecule has 6 heteroatoms. The molecule has 0 saturated carbocycles. The monoisotopic (exact) mass is 392 g/mol. The molecular weight excluding hydrogens is 368 g/mol. The van der Waals surface area contributed by atoms with Gasteiger partial charge in [-0.2, -0.15) is 0 Å². The maximum absolute atomic E-state index is 12.2. The minimum Gasteiger partial charge on any atom is -0.355 e. The lowest BCUT2D eigenvalue weighted by molar-refractivity contribution is -0.118. The molecule has 0 aliphatic rings. The van der Waals surface area contributed by atoms with Gasteiger partial charge in [-0.15, -0.1) is 16.8 Å². The van der Waals surface area contributed by atoms with E-state index in [1.54, 1.807) is 0 Å². The first-order valence-corrected chi connectivity index (χ1v) is 10.2. The Morgan fingerprint density at radius 1 is 1.04 bits per heavy atom. The summed E-state index contributed by atoms with van der Waals surface area (Å²) >= 11 is 1.40. The SMILES string of the molecule is C=CCn1c(Cc2ccccc2)nnc1SCC(=O)NCCc1ccccc1. The highest BCUT2D eigenvalue weighted by molar-refractivity contribution is 7.99. The number of amides is 1. The molecule has 1 amide bonds. The Hall–Kier alpha value is -2.86. The van der Waals surface area contributed by atoms with E-state index in [0.717, 1.165) is 17.4 Å². The zero-order valence-corrected chi connectivity index (χ0v) is 16.6. The van der Waals surface area contributed by atoms with E-state index < -0.39 is 0 Å². The van der Waals surface area contributed by atoms with E-state index in [4.69, 9.17) is 0 Å². The summed E-state index contributed by atoms with van der Waals surface area (Å²) in [6.07, 6.45) is 3.35. The summed E-state index contributed by atoms with van der Waals surface area (Å²) in [5, 5.41) is 12.3. The lowest BCUT2D eigenvalue weighted by Gasteiger charge is -2.08. The molecule has 144 valence electrons. The van der Waals surface area contributed by atoms with Gasteiger partial charge in [-0.3, -0.25) is 4.79 Å². The van der Waals surface area contributed by atoms with Crippen molar-refractivity contribution < 1.29 is 4.79 Å². The molecule has 1 aromatic heterocycles. The zero-order chi connectivity index (χ0) is 19.6. The van der Waals surface area contributed by atoms with Crippen molar-refractivity contribution in [1.82, 2.24) is 20.1 Å². The molecular formula is C22H24N4OS. The summed E-state index contributed by atoms with van der Waals surface area (Å²) in [5.41, 5.74) is 2.39. The number of rotatable bonds is 10. The van der Waals surface area contributed by atoms with Crippen LogP contribution in [0.3, 0.4) is 0 Å². The van der Waals surface area contributed by atoms with Gasteiger partial charge in [0.05, 0.1) is 5.75 Å². The molecule has 1 heterocycles. The zero-order valence-electron chi connectivity index (χ0n) is 15.8. The molecule has 5 nitrogen and oxygen atoms in total. The minimum absolute atomic E-state index is 0.00121. The third-order valence-electron chi connectivity index (χ3n) is 4.22. The first-order chi connectivity index (χ1) is 13.8. The normalized spacial score (nSPS) is 10.6. The van der Waals surface area contributed by atoms with E-state index in [9.17, 15) is 4.79 Å². The van der Waals surface area contributed by atoms with Gasteiger partial charge in [-0.1, -0.05) is 78.5 Å². The highest BCUT2D eigenvalue weighted by atomic mass is 32.2. The van der Waals surface area contributed by atoms with Crippen LogP contribution in [0.15, 0.2) is 78.5 Å². The maximum Gasteiger partial charge on any atom is 0.230 e. The van der Waals surface area contributed by atoms with E-state index in [1.165, 1.54) is 22.9 Å². The molecule has 0 radical (unpaired) electrons. The van der Waals surface area contributed by atoms with Crippen molar-refractivity contribution in [3.8, 4) is 0 Å². The van der Waals surface area contributed by atoms with Gasteiger partial charge in [-0.05, 0) is 17.5 Å². The summed E-state index contributed by atoms with van der Waals surface area (Å²) in [6.45, 7) is 5.07. The van der Waals surface area contributed by atoms with Crippen molar-refractivity contribution >= 4 is 17.7 Å². The smallest absolute Gasteiger partial charge is 0.230 e. The lowest BCUT2D eigenvalue weighted by atomic mass is 10.1. The number of allylic oxidation sites excluding steroid dienone is 1. The number of thioether (sulfide) groups is 1. The van der Waals surface area contributed by atoms with Crippen LogP contribution in [0.4, 0.5) is 0 Å². The van der Waals surface area contributed by atoms with Crippen LogP contribution in [-0.2, 0) is 24.2 Å². The van der Waals surface area contributed by atoms with Crippen LogP contribution in [0.2, 0.25) is 0 Å². The van der Waals surface area contributed by atoms with Crippen molar-refractivity contribution in [2.24, 2.45) is 0 Å². The Labute approximate surface area is 169 Å². The number of carbonyl (C=O) groups is 1. The predicted octanol–water partition coefficient (Wildman–Crippen LogP) is 3.51. The molecule has 0 atom stereocenters. The lowest BCUT2D eigenvalue weighted by Crippen LogP contribution is -2.27. The summed E-state index contributed by atoms with van der Waals surface area (Å²) in [6, 6.07) is 20.3. The molecule has 0 saturated heterocycles. The Bertz CT molecular complexity index is 893.